The fraction of sp³-hybridized carbons (Fsp3) is 0.273. The van der Waals surface area contributed by atoms with E-state index in [-0.39, 0.29) is 0 Å². The van der Waals surface area contributed by atoms with E-state index in [0.717, 1.165) is 40.4 Å². The van der Waals surface area contributed by atoms with Crippen LogP contribution in [0.4, 0.5) is 11.6 Å². The molecule has 2 aromatic carbocycles. The number of anilines is 2. The molecule has 0 fully saturated rings. The smallest absolute Gasteiger partial charge is 0.223 e. The Morgan fingerprint density at radius 2 is 1.75 bits per heavy atom. The topological polar surface area (TPSA) is 59.5 Å². The Morgan fingerprint density at radius 3 is 2.54 bits per heavy atom. The van der Waals surface area contributed by atoms with Gasteiger partial charge in [-0.2, -0.15) is 0 Å². The van der Waals surface area contributed by atoms with Crippen LogP contribution in [0.15, 0.2) is 54.7 Å². The third-order valence-corrected chi connectivity index (χ3v) is 4.60. The van der Waals surface area contributed by atoms with Crippen LogP contribution in [0.2, 0.25) is 0 Å². The Bertz CT molecular complexity index is 942. The zero-order chi connectivity index (χ0) is 19.3. The van der Waals surface area contributed by atoms with Crippen molar-refractivity contribution in [3.63, 3.8) is 0 Å². The first-order chi connectivity index (χ1) is 13.7. The first kappa shape index (κ1) is 18.1. The van der Waals surface area contributed by atoms with E-state index >= 15 is 0 Å². The fourth-order valence-corrected chi connectivity index (χ4v) is 3.03. The third kappa shape index (κ3) is 4.17. The lowest BCUT2D eigenvalue weighted by atomic mass is 10.1. The molecule has 6 nitrogen and oxygen atoms in total. The fourth-order valence-electron chi connectivity index (χ4n) is 3.03. The van der Waals surface area contributed by atoms with Crippen molar-refractivity contribution in [1.82, 2.24) is 9.97 Å². The van der Waals surface area contributed by atoms with Gasteiger partial charge in [0.1, 0.15) is 0 Å². The molecule has 6 heteroatoms. The molecule has 0 spiro atoms. The Labute approximate surface area is 165 Å². The molecule has 0 atom stereocenters. The first-order valence-corrected chi connectivity index (χ1v) is 9.42. The van der Waals surface area contributed by atoms with Crippen LogP contribution >= 0.6 is 0 Å². The van der Waals surface area contributed by atoms with E-state index in [1.54, 1.807) is 6.20 Å². The van der Waals surface area contributed by atoms with Gasteiger partial charge in [-0.15, -0.1) is 0 Å². The van der Waals surface area contributed by atoms with Crippen LogP contribution in [-0.4, -0.2) is 37.3 Å². The molecule has 1 aliphatic heterocycles. The number of aromatic nitrogens is 2. The average molecular weight is 376 g/mol. The summed E-state index contributed by atoms with van der Waals surface area (Å²) in [6, 6.07) is 16.2. The van der Waals surface area contributed by atoms with Gasteiger partial charge in [0.15, 0.2) is 11.5 Å². The number of ether oxygens (including phenoxy) is 2. The van der Waals surface area contributed by atoms with Gasteiger partial charge in [0.25, 0.3) is 0 Å². The molecule has 0 radical (unpaired) electrons. The third-order valence-electron chi connectivity index (χ3n) is 4.60. The minimum atomic E-state index is 0.598. The largest absolute Gasteiger partial charge is 0.490 e. The van der Waals surface area contributed by atoms with Crippen molar-refractivity contribution in [2.45, 2.75) is 13.0 Å². The summed E-state index contributed by atoms with van der Waals surface area (Å²) in [7, 11) is 4.06. The van der Waals surface area contributed by atoms with Gasteiger partial charge in [-0.05, 0) is 35.9 Å². The van der Waals surface area contributed by atoms with Crippen LogP contribution in [0, 0.1) is 0 Å². The normalized spacial score (nSPS) is 12.9. The molecular formula is C22H24N4O2. The molecule has 0 saturated heterocycles. The van der Waals surface area contributed by atoms with Crippen LogP contribution in [0.3, 0.4) is 0 Å². The summed E-state index contributed by atoms with van der Waals surface area (Å²) in [6.45, 7) is 1.99. The molecule has 28 heavy (non-hydrogen) atoms. The molecule has 3 aromatic rings. The minimum Gasteiger partial charge on any atom is -0.490 e. The van der Waals surface area contributed by atoms with Gasteiger partial charge in [-0.3, -0.25) is 0 Å². The predicted molar refractivity (Wildman–Crippen MR) is 111 cm³/mol. The SMILES string of the molecule is CN(C)c1ccc(-c2ccnc(NCc3ccc4c(c3)OCCCO4)n2)cc1. The monoisotopic (exact) mass is 376 g/mol. The highest BCUT2D eigenvalue weighted by Crippen LogP contribution is 2.30. The summed E-state index contributed by atoms with van der Waals surface area (Å²) in [5.41, 5.74) is 4.20. The van der Waals surface area contributed by atoms with Gasteiger partial charge in [-0.25, -0.2) is 9.97 Å². The van der Waals surface area contributed by atoms with Crippen LogP contribution < -0.4 is 19.7 Å². The van der Waals surface area contributed by atoms with E-state index in [1.807, 2.05) is 38.4 Å². The molecule has 4 rings (SSSR count). The standard InChI is InChI=1S/C22H24N4O2/c1-26(2)18-7-5-17(6-8-18)19-10-11-23-22(25-19)24-15-16-4-9-20-21(14-16)28-13-3-12-27-20/h4-11,14H,3,12-13,15H2,1-2H3,(H,23,24,25). The zero-order valence-corrected chi connectivity index (χ0v) is 16.2. The number of nitrogens with zero attached hydrogens (tertiary/aromatic N) is 3. The van der Waals surface area contributed by atoms with E-state index in [4.69, 9.17) is 9.47 Å². The second kappa shape index (κ2) is 8.17. The summed E-state index contributed by atoms with van der Waals surface area (Å²) in [6.07, 6.45) is 2.68. The van der Waals surface area contributed by atoms with Crippen LogP contribution in [0.5, 0.6) is 11.5 Å². The molecule has 1 aromatic heterocycles. The maximum atomic E-state index is 5.76. The summed E-state index contributed by atoms with van der Waals surface area (Å²) in [5.74, 6) is 2.20. The average Bonchev–Trinajstić information content (AvgIpc) is 2.97. The van der Waals surface area contributed by atoms with Gasteiger partial charge in [-0.1, -0.05) is 18.2 Å². The Morgan fingerprint density at radius 1 is 0.964 bits per heavy atom. The molecule has 2 heterocycles. The summed E-state index contributed by atoms with van der Waals surface area (Å²) in [4.78, 5) is 11.1. The maximum absolute atomic E-state index is 5.76. The van der Waals surface area contributed by atoms with Crippen LogP contribution in [-0.2, 0) is 6.54 Å². The second-order valence-corrected chi connectivity index (χ2v) is 6.89. The molecule has 1 N–H and O–H groups in total. The van der Waals surface area contributed by atoms with Gasteiger partial charge < -0.3 is 19.7 Å². The van der Waals surface area contributed by atoms with Gasteiger partial charge >= 0.3 is 0 Å². The van der Waals surface area contributed by atoms with E-state index in [2.05, 4.69) is 44.5 Å². The molecule has 0 unspecified atom stereocenters. The second-order valence-electron chi connectivity index (χ2n) is 6.89. The quantitative estimate of drug-likeness (QED) is 0.727. The lowest BCUT2D eigenvalue weighted by molar-refractivity contribution is 0.297. The highest BCUT2D eigenvalue weighted by atomic mass is 16.5. The molecule has 1 aliphatic rings. The highest BCUT2D eigenvalue weighted by molar-refractivity contribution is 5.63. The summed E-state index contributed by atoms with van der Waals surface area (Å²) in [5, 5.41) is 3.30. The maximum Gasteiger partial charge on any atom is 0.223 e. The molecule has 144 valence electrons. The van der Waals surface area contributed by atoms with Crippen LogP contribution in [0.1, 0.15) is 12.0 Å². The summed E-state index contributed by atoms with van der Waals surface area (Å²) >= 11 is 0. The van der Waals surface area contributed by atoms with Crippen molar-refractivity contribution in [2.24, 2.45) is 0 Å². The number of hydrogen-bond donors (Lipinski definition) is 1. The molecule has 0 bridgehead atoms. The number of benzene rings is 2. The Kier molecular flexibility index (Phi) is 5.28. The lowest BCUT2D eigenvalue weighted by Gasteiger charge is -2.13. The van der Waals surface area contributed by atoms with Crippen molar-refractivity contribution >= 4 is 11.6 Å². The predicted octanol–water partition coefficient (Wildman–Crippen LogP) is 3.98. The number of fused-ring (bicyclic) bond motifs is 1. The Balaban J connectivity index is 1.46. The lowest BCUT2D eigenvalue weighted by Crippen LogP contribution is -2.08. The highest BCUT2D eigenvalue weighted by Gasteiger charge is 2.11. The van der Waals surface area contributed by atoms with E-state index in [0.29, 0.717) is 25.7 Å². The van der Waals surface area contributed by atoms with Gasteiger partial charge in [0.05, 0.1) is 18.9 Å². The molecule has 0 saturated carbocycles. The van der Waals surface area contributed by atoms with E-state index in [9.17, 15) is 0 Å². The van der Waals surface area contributed by atoms with Gasteiger partial charge in [0, 0.05) is 44.5 Å². The van der Waals surface area contributed by atoms with Gasteiger partial charge in [0.2, 0.25) is 5.95 Å². The number of nitrogens with one attached hydrogen (secondary N) is 1. The molecule has 0 amide bonds. The van der Waals surface area contributed by atoms with Crippen molar-refractivity contribution in [1.29, 1.82) is 0 Å². The Hall–Kier alpha value is -3.28. The minimum absolute atomic E-state index is 0.598. The zero-order valence-electron chi connectivity index (χ0n) is 16.2. The van der Waals surface area contributed by atoms with Crippen molar-refractivity contribution in [3.8, 4) is 22.8 Å². The number of hydrogen-bond acceptors (Lipinski definition) is 6. The molecule has 0 aliphatic carbocycles. The number of rotatable bonds is 5. The molecular weight excluding hydrogens is 352 g/mol. The van der Waals surface area contributed by atoms with Crippen molar-refractivity contribution < 1.29 is 9.47 Å². The van der Waals surface area contributed by atoms with E-state index in [1.165, 1.54) is 0 Å². The summed E-state index contributed by atoms with van der Waals surface area (Å²) < 4.78 is 11.4. The van der Waals surface area contributed by atoms with Crippen molar-refractivity contribution in [3.05, 3.63) is 60.3 Å². The van der Waals surface area contributed by atoms with E-state index < -0.39 is 0 Å². The first-order valence-electron chi connectivity index (χ1n) is 9.42. The van der Waals surface area contributed by atoms with Crippen LogP contribution in [0.25, 0.3) is 11.3 Å². The van der Waals surface area contributed by atoms with Crippen molar-refractivity contribution in [2.75, 3.05) is 37.5 Å².